The Kier molecular flexibility index (Phi) is 10.7. The average molecular weight is 472 g/mol. The van der Waals surface area contributed by atoms with Crippen LogP contribution < -0.4 is 15.4 Å². The molecule has 0 bridgehead atoms. The zero-order valence-corrected chi connectivity index (χ0v) is 18.1. The van der Waals surface area contributed by atoms with E-state index in [0.29, 0.717) is 0 Å². The van der Waals surface area contributed by atoms with Crippen LogP contribution >= 0.6 is 24.0 Å². The number of ether oxygens (including phenoxy) is 1. The molecular weight excluding hydrogens is 443 g/mol. The second kappa shape index (κ2) is 12.5. The Morgan fingerprint density at radius 2 is 1.92 bits per heavy atom. The van der Waals surface area contributed by atoms with Crippen LogP contribution in [-0.2, 0) is 19.4 Å². The molecule has 0 amide bonds. The van der Waals surface area contributed by atoms with Crippen molar-refractivity contribution in [2.75, 3.05) is 27.2 Å². The van der Waals surface area contributed by atoms with Gasteiger partial charge in [0.2, 0.25) is 0 Å². The summed E-state index contributed by atoms with van der Waals surface area (Å²) in [7, 11) is 3.47. The van der Waals surface area contributed by atoms with Crippen molar-refractivity contribution in [1.29, 1.82) is 0 Å². The van der Waals surface area contributed by atoms with E-state index in [0.717, 1.165) is 56.4 Å². The minimum absolute atomic E-state index is 0. The van der Waals surface area contributed by atoms with Crippen LogP contribution in [0.2, 0.25) is 0 Å². The van der Waals surface area contributed by atoms with E-state index in [2.05, 4.69) is 49.4 Å². The number of aliphatic imine (C=N–C) groups is 1. The van der Waals surface area contributed by atoms with Crippen molar-refractivity contribution in [3.63, 3.8) is 0 Å². The van der Waals surface area contributed by atoms with E-state index >= 15 is 0 Å². The van der Waals surface area contributed by atoms with Crippen LogP contribution in [0.4, 0.5) is 0 Å². The monoisotopic (exact) mass is 472 g/mol. The highest BCUT2D eigenvalue weighted by atomic mass is 127. The van der Waals surface area contributed by atoms with Crippen molar-refractivity contribution in [3.8, 4) is 5.75 Å². The standard InChI is InChI=1S/C18H28N6O.HI/c1-4-17-23-22-14-24(17)13-12-21-18(19-2)20-11-5-6-15-7-9-16(25-3)10-8-15;/h7-10,14H,4-6,11-13H2,1-3H3,(H2,19,20,21);1H. The van der Waals surface area contributed by atoms with Gasteiger partial charge in [-0.05, 0) is 30.5 Å². The van der Waals surface area contributed by atoms with Gasteiger partial charge in [0.25, 0.3) is 0 Å². The van der Waals surface area contributed by atoms with E-state index in [4.69, 9.17) is 4.74 Å². The third-order valence-corrected chi connectivity index (χ3v) is 3.97. The predicted octanol–water partition coefficient (Wildman–Crippen LogP) is 2.26. The van der Waals surface area contributed by atoms with Crippen LogP contribution in [0.1, 0.15) is 24.7 Å². The number of guanidine groups is 1. The first kappa shape index (κ1) is 22.2. The first-order valence-corrected chi connectivity index (χ1v) is 8.71. The van der Waals surface area contributed by atoms with E-state index in [1.54, 1.807) is 20.5 Å². The van der Waals surface area contributed by atoms with Crippen LogP contribution in [0.3, 0.4) is 0 Å². The molecule has 8 heteroatoms. The normalized spacial score (nSPS) is 11.0. The fourth-order valence-corrected chi connectivity index (χ4v) is 2.55. The molecule has 7 nitrogen and oxygen atoms in total. The van der Waals surface area contributed by atoms with Crippen LogP contribution in [-0.4, -0.2) is 48.0 Å². The van der Waals surface area contributed by atoms with Gasteiger partial charge in [0.1, 0.15) is 17.9 Å². The maximum Gasteiger partial charge on any atom is 0.191 e. The molecule has 2 aromatic rings. The summed E-state index contributed by atoms with van der Waals surface area (Å²) in [4.78, 5) is 4.25. The topological polar surface area (TPSA) is 76.4 Å². The molecule has 1 aromatic heterocycles. The van der Waals surface area contributed by atoms with Crippen molar-refractivity contribution in [2.45, 2.75) is 32.7 Å². The summed E-state index contributed by atoms with van der Waals surface area (Å²) >= 11 is 0. The molecule has 2 rings (SSSR count). The van der Waals surface area contributed by atoms with Gasteiger partial charge in [-0.3, -0.25) is 4.99 Å². The van der Waals surface area contributed by atoms with E-state index in [1.807, 2.05) is 12.1 Å². The molecule has 0 fully saturated rings. The van der Waals surface area contributed by atoms with Gasteiger partial charge in [0, 0.05) is 33.1 Å². The fourth-order valence-electron chi connectivity index (χ4n) is 2.55. The maximum absolute atomic E-state index is 5.17. The van der Waals surface area contributed by atoms with E-state index in [-0.39, 0.29) is 24.0 Å². The van der Waals surface area contributed by atoms with Gasteiger partial charge in [-0.2, -0.15) is 0 Å². The summed E-state index contributed by atoms with van der Waals surface area (Å²) in [6.45, 7) is 4.56. The molecule has 2 N–H and O–H groups in total. The second-order valence-corrected chi connectivity index (χ2v) is 5.67. The number of methoxy groups -OCH3 is 1. The quantitative estimate of drug-likeness (QED) is 0.254. The lowest BCUT2D eigenvalue weighted by Gasteiger charge is -2.12. The molecule has 1 heterocycles. The summed E-state index contributed by atoms with van der Waals surface area (Å²) < 4.78 is 7.23. The smallest absolute Gasteiger partial charge is 0.191 e. The lowest BCUT2D eigenvalue weighted by molar-refractivity contribution is 0.414. The van der Waals surface area contributed by atoms with Gasteiger partial charge in [0.15, 0.2) is 5.96 Å². The van der Waals surface area contributed by atoms with E-state index < -0.39 is 0 Å². The van der Waals surface area contributed by atoms with Crippen molar-refractivity contribution < 1.29 is 4.74 Å². The molecule has 0 saturated carbocycles. The molecule has 0 aliphatic rings. The van der Waals surface area contributed by atoms with Crippen LogP contribution in [0.25, 0.3) is 0 Å². The molecule has 0 aliphatic carbocycles. The van der Waals surface area contributed by atoms with Gasteiger partial charge in [-0.25, -0.2) is 0 Å². The van der Waals surface area contributed by atoms with Gasteiger partial charge in [-0.15, -0.1) is 34.2 Å². The van der Waals surface area contributed by atoms with Gasteiger partial charge in [0.05, 0.1) is 7.11 Å². The minimum Gasteiger partial charge on any atom is -0.497 e. The highest BCUT2D eigenvalue weighted by Gasteiger charge is 2.02. The van der Waals surface area contributed by atoms with E-state index in [9.17, 15) is 0 Å². The summed E-state index contributed by atoms with van der Waals surface area (Å²) in [5, 5.41) is 14.7. The summed E-state index contributed by atoms with van der Waals surface area (Å²) in [5.74, 6) is 2.72. The van der Waals surface area contributed by atoms with Crippen LogP contribution in [0, 0.1) is 0 Å². The van der Waals surface area contributed by atoms with Crippen molar-refractivity contribution >= 4 is 29.9 Å². The Labute approximate surface area is 172 Å². The Bertz CT molecular complexity index is 656. The number of rotatable bonds is 9. The number of hydrogen-bond donors (Lipinski definition) is 2. The number of halogens is 1. The Morgan fingerprint density at radius 1 is 1.19 bits per heavy atom. The van der Waals surface area contributed by atoms with Gasteiger partial charge < -0.3 is 19.9 Å². The first-order chi connectivity index (χ1) is 12.3. The molecule has 0 atom stereocenters. The summed E-state index contributed by atoms with van der Waals surface area (Å²) in [6.07, 6.45) is 4.72. The maximum atomic E-state index is 5.17. The van der Waals surface area contributed by atoms with Crippen LogP contribution in [0.5, 0.6) is 5.75 Å². The van der Waals surface area contributed by atoms with E-state index in [1.165, 1.54) is 5.56 Å². The lowest BCUT2D eigenvalue weighted by atomic mass is 10.1. The molecule has 1 aromatic carbocycles. The van der Waals surface area contributed by atoms with Crippen molar-refractivity contribution in [2.24, 2.45) is 4.99 Å². The minimum atomic E-state index is 0. The Hall–Kier alpha value is -1.84. The summed E-state index contributed by atoms with van der Waals surface area (Å²) in [5.41, 5.74) is 1.31. The third kappa shape index (κ3) is 7.19. The predicted molar refractivity (Wildman–Crippen MR) is 115 cm³/mol. The van der Waals surface area contributed by atoms with Gasteiger partial charge in [-0.1, -0.05) is 19.1 Å². The number of aromatic nitrogens is 3. The SMILES string of the molecule is CCc1nncn1CCNC(=NC)NCCCc1ccc(OC)cc1.I. The fraction of sp³-hybridized carbons (Fsp3) is 0.500. The zero-order valence-electron chi connectivity index (χ0n) is 15.7. The molecule has 0 unspecified atom stereocenters. The molecule has 0 saturated heterocycles. The molecule has 144 valence electrons. The highest BCUT2D eigenvalue weighted by molar-refractivity contribution is 14.0. The number of hydrogen-bond acceptors (Lipinski definition) is 4. The molecule has 26 heavy (non-hydrogen) atoms. The van der Waals surface area contributed by atoms with Crippen LogP contribution in [0.15, 0.2) is 35.6 Å². The number of aryl methyl sites for hydroxylation is 2. The first-order valence-electron chi connectivity index (χ1n) is 8.71. The largest absolute Gasteiger partial charge is 0.497 e. The zero-order chi connectivity index (χ0) is 17.9. The number of nitrogens with zero attached hydrogens (tertiary/aromatic N) is 4. The molecule has 0 radical (unpaired) electrons. The number of benzene rings is 1. The van der Waals surface area contributed by atoms with Gasteiger partial charge >= 0.3 is 0 Å². The Morgan fingerprint density at radius 3 is 2.58 bits per heavy atom. The molecule has 0 spiro atoms. The lowest BCUT2D eigenvalue weighted by Crippen LogP contribution is -2.39. The Balaban J connectivity index is 0.00000338. The highest BCUT2D eigenvalue weighted by Crippen LogP contribution is 2.12. The molecule has 0 aliphatic heterocycles. The van der Waals surface area contributed by atoms with Crippen molar-refractivity contribution in [1.82, 2.24) is 25.4 Å². The average Bonchev–Trinajstić information content (AvgIpc) is 3.11. The van der Waals surface area contributed by atoms with Crippen molar-refractivity contribution in [3.05, 3.63) is 42.0 Å². The molecular formula is C18H29IN6O. The summed E-state index contributed by atoms with van der Waals surface area (Å²) in [6, 6.07) is 8.21. The number of nitrogens with one attached hydrogen (secondary N) is 2. The second-order valence-electron chi connectivity index (χ2n) is 5.67. The third-order valence-electron chi connectivity index (χ3n) is 3.97.